The van der Waals surface area contributed by atoms with Crippen LogP contribution in [0.4, 0.5) is 0 Å². The number of thiazole rings is 1. The first-order chi connectivity index (χ1) is 7.72. The minimum atomic E-state index is -0.191. The van der Waals surface area contributed by atoms with E-state index in [1.165, 1.54) is 11.3 Å². The number of carbonyl (C=O) groups excluding carboxylic acids is 1. The predicted molar refractivity (Wildman–Crippen MR) is 61.8 cm³/mol. The fourth-order valence-electron chi connectivity index (χ4n) is 1.37. The highest BCUT2D eigenvalue weighted by Gasteiger charge is 2.11. The third kappa shape index (κ3) is 2.07. The van der Waals surface area contributed by atoms with Crippen LogP contribution in [0.25, 0.3) is 4.96 Å². The number of hydrogen-bond acceptors (Lipinski definition) is 4. The van der Waals surface area contributed by atoms with E-state index < -0.39 is 0 Å². The van der Waals surface area contributed by atoms with E-state index in [1.54, 1.807) is 6.20 Å². The lowest BCUT2D eigenvalue weighted by atomic mass is 10.4. The molecule has 16 heavy (non-hydrogen) atoms. The molecule has 0 saturated carbocycles. The number of carbonyl (C=O) groups is 1. The Morgan fingerprint density at radius 2 is 2.50 bits per heavy atom. The summed E-state index contributed by atoms with van der Waals surface area (Å²) in [5, 5.41) is 13.3. The van der Waals surface area contributed by atoms with Crippen LogP contribution in [-0.2, 0) is 0 Å². The van der Waals surface area contributed by atoms with E-state index in [0.29, 0.717) is 18.7 Å². The molecule has 5 nitrogen and oxygen atoms in total. The van der Waals surface area contributed by atoms with Crippen molar-refractivity contribution in [3.63, 3.8) is 0 Å². The molecule has 0 unspecified atom stereocenters. The summed E-state index contributed by atoms with van der Waals surface area (Å²) in [6.07, 6.45) is 2.29. The lowest BCUT2D eigenvalue weighted by Crippen LogP contribution is -2.25. The van der Waals surface area contributed by atoms with Crippen molar-refractivity contribution >= 4 is 22.2 Å². The first kappa shape index (κ1) is 11.1. The van der Waals surface area contributed by atoms with Crippen LogP contribution in [-0.4, -0.2) is 33.6 Å². The molecule has 2 rings (SSSR count). The molecule has 0 aromatic carbocycles. The van der Waals surface area contributed by atoms with E-state index >= 15 is 0 Å². The summed E-state index contributed by atoms with van der Waals surface area (Å²) in [7, 11) is 0. The maximum absolute atomic E-state index is 11.6. The number of amides is 1. The Labute approximate surface area is 96.7 Å². The van der Waals surface area contributed by atoms with E-state index in [2.05, 4.69) is 10.3 Å². The van der Waals surface area contributed by atoms with Gasteiger partial charge in [0.15, 0.2) is 4.96 Å². The van der Waals surface area contributed by atoms with E-state index in [9.17, 15) is 4.79 Å². The molecule has 86 valence electrons. The highest BCUT2D eigenvalue weighted by molar-refractivity contribution is 7.15. The lowest BCUT2D eigenvalue weighted by molar-refractivity contribution is 0.0947. The number of nitrogens with zero attached hydrogens (tertiary/aromatic N) is 2. The van der Waals surface area contributed by atoms with Crippen molar-refractivity contribution in [2.75, 3.05) is 13.2 Å². The Morgan fingerprint density at radius 1 is 1.69 bits per heavy atom. The standard InChI is InChI=1S/C10H13N3O2S/c1-7-6-16-10-12-8(5-13(7)10)9(15)11-3-2-4-14/h5-6,14H,2-4H2,1H3,(H,11,15). The molecule has 2 aromatic heterocycles. The highest BCUT2D eigenvalue weighted by Crippen LogP contribution is 2.15. The largest absolute Gasteiger partial charge is 0.396 e. The number of aliphatic hydroxyl groups excluding tert-OH is 1. The van der Waals surface area contributed by atoms with Gasteiger partial charge in [-0.25, -0.2) is 4.98 Å². The van der Waals surface area contributed by atoms with Crippen LogP contribution in [0.3, 0.4) is 0 Å². The number of fused-ring (bicyclic) bond motifs is 1. The Balaban J connectivity index is 2.11. The fraction of sp³-hybridized carbons (Fsp3) is 0.400. The molecule has 0 aliphatic heterocycles. The van der Waals surface area contributed by atoms with Gasteiger partial charge in [-0.3, -0.25) is 9.20 Å². The zero-order valence-corrected chi connectivity index (χ0v) is 9.75. The van der Waals surface area contributed by atoms with Gasteiger partial charge in [0.1, 0.15) is 5.69 Å². The first-order valence-corrected chi connectivity index (χ1v) is 5.92. The van der Waals surface area contributed by atoms with Crippen molar-refractivity contribution in [1.29, 1.82) is 0 Å². The van der Waals surface area contributed by atoms with Crippen LogP contribution in [0.15, 0.2) is 11.6 Å². The number of hydrogen-bond donors (Lipinski definition) is 2. The molecule has 0 bridgehead atoms. The van der Waals surface area contributed by atoms with Gasteiger partial charge in [-0.2, -0.15) is 0 Å². The van der Waals surface area contributed by atoms with Gasteiger partial charge in [0, 0.05) is 30.4 Å². The molecule has 1 amide bonds. The van der Waals surface area contributed by atoms with Crippen LogP contribution in [0.5, 0.6) is 0 Å². The van der Waals surface area contributed by atoms with Crippen molar-refractivity contribution in [3.05, 3.63) is 23.0 Å². The molecule has 2 aromatic rings. The summed E-state index contributed by atoms with van der Waals surface area (Å²) >= 11 is 1.51. The SMILES string of the molecule is Cc1csc2nc(C(=O)NCCCO)cn12. The second-order valence-corrected chi connectivity index (χ2v) is 4.33. The molecule has 2 heterocycles. The second kappa shape index (κ2) is 4.63. The summed E-state index contributed by atoms with van der Waals surface area (Å²) in [5.41, 5.74) is 1.50. The van der Waals surface area contributed by atoms with Crippen molar-refractivity contribution < 1.29 is 9.90 Å². The number of aromatic nitrogens is 2. The normalized spacial score (nSPS) is 10.9. The summed E-state index contributed by atoms with van der Waals surface area (Å²) in [6.45, 7) is 2.52. The van der Waals surface area contributed by atoms with Crippen molar-refractivity contribution in [3.8, 4) is 0 Å². The number of rotatable bonds is 4. The Kier molecular flexibility index (Phi) is 3.21. The van der Waals surface area contributed by atoms with Crippen LogP contribution in [0.2, 0.25) is 0 Å². The third-order valence-corrected chi connectivity index (χ3v) is 3.20. The highest BCUT2D eigenvalue weighted by atomic mass is 32.1. The summed E-state index contributed by atoms with van der Waals surface area (Å²) in [5.74, 6) is -0.191. The molecule has 2 N–H and O–H groups in total. The van der Waals surface area contributed by atoms with E-state index in [4.69, 9.17) is 5.11 Å². The number of aliphatic hydroxyl groups is 1. The minimum absolute atomic E-state index is 0.0810. The molecule has 0 radical (unpaired) electrons. The molecule has 0 aliphatic rings. The van der Waals surface area contributed by atoms with Crippen molar-refractivity contribution in [2.24, 2.45) is 0 Å². The average molecular weight is 239 g/mol. The van der Waals surface area contributed by atoms with Crippen LogP contribution in [0, 0.1) is 6.92 Å². The number of nitrogens with one attached hydrogen (secondary N) is 1. The van der Waals surface area contributed by atoms with E-state index in [0.717, 1.165) is 10.7 Å². The smallest absolute Gasteiger partial charge is 0.271 e. The number of imidazole rings is 1. The van der Waals surface area contributed by atoms with Crippen molar-refractivity contribution in [2.45, 2.75) is 13.3 Å². The summed E-state index contributed by atoms with van der Waals surface area (Å²) in [6, 6.07) is 0. The zero-order chi connectivity index (χ0) is 11.5. The zero-order valence-electron chi connectivity index (χ0n) is 8.93. The van der Waals surface area contributed by atoms with Crippen molar-refractivity contribution in [1.82, 2.24) is 14.7 Å². The molecule has 6 heteroatoms. The van der Waals surface area contributed by atoms with Gasteiger partial charge < -0.3 is 10.4 Å². The van der Waals surface area contributed by atoms with Gasteiger partial charge in [-0.15, -0.1) is 11.3 Å². The Bertz CT molecular complexity index is 503. The topological polar surface area (TPSA) is 66.6 Å². The summed E-state index contributed by atoms with van der Waals surface area (Å²) in [4.78, 5) is 16.7. The average Bonchev–Trinajstić information content (AvgIpc) is 2.82. The van der Waals surface area contributed by atoms with Crippen LogP contribution >= 0.6 is 11.3 Å². The predicted octanol–water partition coefficient (Wildman–Crippen LogP) is 0.816. The van der Waals surface area contributed by atoms with Gasteiger partial charge in [0.2, 0.25) is 0 Å². The molecule has 0 saturated heterocycles. The van der Waals surface area contributed by atoms with E-state index in [-0.39, 0.29) is 12.5 Å². The maximum atomic E-state index is 11.6. The van der Waals surface area contributed by atoms with Gasteiger partial charge in [0.25, 0.3) is 5.91 Å². The van der Waals surface area contributed by atoms with Gasteiger partial charge in [-0.05, 0) is 13.3 Å². The Hall–Kier alpha value is -1.40. The molecular formula is C10H13N3O2S. The quantitative estimate of drug-likeness (QED) is 0.776. The monoisotopic (exact) mass is 239 g/mol. The van der Waals surface area contributed by atoms with Crippen LogP contribution in [0.1, 0.15) is 22.6 Å². The third-order valence-electron chi connectivity index (χ3n) is 2.24. The van der Waals surface area contributed by atoms with E-state index in [1.807, 2.05) is 16.7 Å². The molecule has 0 aliphatic carbocycles. The molecule has 0 fully saturated rings. The molecule has 0 atom stereocenters. The van der Waals surface area contributed by atoms with Gasteiger partial charge in [0.05, 0.1) is 0 Å². The fourth-order valence-corrected chi connectivity index (χ4v) is 2.23. The first-order valence-electron chi connectivity index (χ1n) is 5.04. The summed E-state index contributed by atoms with van der Waals surface area (Å²) < 4.78 is 1.89. The Morgan fingerprint density at radius 3 is 3.19 bits per heavy atom. The number of aryl methyl sites for hydroxylation is 1. The molecular weight excluding hydrogens is 226 g/mol. The maximum Gasteiger partial charge on any atom is 0.271 e. The lowest BCUT2D eigenvalue weighted by Gasteiger charge is -1.99. The van der Waals surface area contributed by atoms with Crippen LogP contribution < -0.4 is 5.32 Å². The molecule has 0 spiro atoms. The van der Waals surface area contributed by atoms with Gasteiger partial charge in [-0.1, -0.05) is 0 Å². The minimum Gasteiger partial charge on any atom is -0.396 e. The second-order valence-electron chi connectivity index (χ2n) is 3.49. The van der Waals surface area contributed by atoms with Gasteiger partial charge >= 0.3 is 0 Å².